The number of amides is 1. The fraction of sp³-hybridized carbons (Fsp3) is 0.167. The molecule has 2 aromatic rings. The average molecular weight is 294 g/mol. The van der Waals surface area contributed by atoms with Gasteiger partial charge >= 0.3 is 0 Å². The normalized spacial score (nSPS) is 10.3. The van der Waals surface area contributed by atoms with Gasteiger partial charge in [-0.05, 0) is 35.0 Å². The Kier molecular flexibility index (Phi) is 3.28. The summed E-state index contributed by atoms with van der Waals surface area (Å²) in [5, 5.41) is 6.91. The molecule has 0 bridgehead atoms. The third kappa shape index (κ3) is 2.39. The van der Waals surface area contributed by atoms with Crippen LogP contribution in [-0.2, 0) is 7.05 Å². The monoisotopic (exact) mass is 293 g/mol. The Morgan fingerprint density at radius 1 is 1.41 bits per heavy atom. The van der Waals surface area contributed by atoms with Gasteiger partial charge in [-0.15, -0.1) is 0 Å². The highest BCUT2D eigenvalue weighted by Crippen LogP contribution is 2.19. The van der Waals surface area contributed by atoms with Gasteiger partial charge in [0.05, 0.1) is 23.1 Å². The number of nitrogens with zero attached hydrogens (tertiary/aromatic N) is 2. The van der Waals surface area contributed by atoms with E-state index < -0.39 is 0 Å². The SMILES string of the molecule is Cc1c(NC(=O)c2ccccc2Br)cnn1C. The number of carbonyl (C=O) groups is 1. The summed E-state index contributed by atoms with van der Waals surface area (Å²) >= 11 is 3.35. The van der Waals surface area contributed by atoms with Crippen LogP contribution in [0.15, 0.2) is 34.9 Å². The molecule has 0 spiro atoms. The fourth-order valence-corrected chi connectivity index (χ4v) is 1.92. The van der Waals surface area contributed by atoms with Gasteiger partial charge in [-0.2, -0.15) is 5.10 Å². The second kappa shape index (κ2) is 4.71. The van der Waals surface area contributed by atoms with Crippen molar-refractivity contribution in [2.24, 2.45) is 7.05 Å². The summed E-state index contributed by atoms with van der Waals surface area (Å²) in [6.07, 6.45) is 1.64. The maximum absolute atomic E-state index is 12.0. The van der Waals surface area contributed by atoms with Crippen molar-refractivity contribution >= 4 is 27.5 Å². The molecule has 1 aromatic carbocycles. The van der Waals surface area contributed by atoms with Crippen molar-refractivity contribution < 1.29 is 4.79 Å². The molecule has 1 amide bonds. The second-order valence-electron chi connectivity index (χ2n) is 3.70. The molecule has 4 nitrogen and oxygen atoms in total. The molecule has 0 fully saturated rings. The molecule has 1 aromatic heterocycles. The predicted molar refractivity (Wildman–Crippen MR) is 70.0 cm³/mol. The summed E-state index contributed by atoms with van der Waals surface area (Å²) in [6, 6.07) is 7.31. The molecular weight excluding hydrogens is 282 g/mol. The third-order valence-corrected chi connectivity index (χ3v) is 3.29. The van der Waals surface area contributed by atoms with Crippen LogP contribution in [0.2, 0.25) is 0 Å². The molecule has 1 heterocycles. The number of anilines is 1. The fourth-order valence-electron chi connectivity index (χ4n) is 1.46. The van der Waals surface area contributed by atoms with Crippen molar-refractivity contribution in [2.75, 3.05) is 5.32 Å². The summed E-state index contributed by atoms with van der Waals surface area (Å²) in [4.78, 5) is 12.0. The number of hydrogen-bond donors (Lipinski definition) is 1. The van der Waals surface area contributed by atoms with Crippen LogP contribution in [0, 0.1) is 6.92 Å². The topological polar surface area (TPSA) is 46.9 Å². The second-order valence-corrected chi connectivity index (χ2v) is 4.56. The van der Waals surface area contributed by atoms with Gasteiger partial charge in [-0.25, -0.2) is 0 Å². The van der Waals surface area contributed by atoms with Gasteiger partial charge in [0.25, 0.3) is 5.91 Å². The van der Waals surface area contributed by atoms with Crippen LogP contribution < -0.4 is 5.32 Å². The molecule has 0 atom stereocenters. The van der Waals surface area contributed by atoms with E-state index in [1.165, 1.54) is 0 Å². The standard InChI is InChI=1S/C12H12BrN3O/c1-8-11(7-14-16(8)2)15-12(17)9-5-3-4-6-10(9)13/h3-7H,1-2H3,(H,15,17). The number of benzene rings is 1. The van der Waals surface area contributed by atoms with Crippen molar-refractivity contribution in [2.45, 2.75) is 6.92 Å². The Labute approximate surface area is 108 Å². The van der Waals surface area contributed by atoms with Gasteiger partial charge in [0, 0.05) is 11.5 Å². The molecule has 0 radical (unpaired) electrons. The Hall–Kier alpha value is -1.62. The molecule has 5 heteroatoms. The van der Waals surface area contributed by atoms with Crippen LogP contribution in [0.1, 0.15) is 16.1 Å². The summed E-state index contributed by atoms with van der Waals surface area (Å²) in [5.41, 5.74) is 2.26. The lowest BCUT2D eigenvalue weighted by Crippen LogP contribution is -2.13. The van der Waals surface area contributed by atoms with E-state index in [9.17, 15) is 4.79 Å². The molecule has 2 rings (SSSR count). The summed E-state index contributed by atoms with van der Waals surface area (Å²) < 4.78 is 2.49. The lowest BCUT2D eigenvalue weighted by Gasteiger charge is -2.05. The molecule has 0 aliphatic carbocycles. The van der Waals surface area contributed by atoms with Crippen LogP contribution in [0.3, 0.4) is 0 Å². The molecule has 1 N–H and O–H groups in total. The van der Waals surface area contributed by atoms with Gasteiger partial charge in [0.1, 0.15) is 0 Å². The van der Waals surface area contributed by atoms with E-state index in [2.05, 4.69) is 26.3 Å². The first-order valence-electron chi connectivity index (χ1n) is 5.14. The zero-order valence-corrected chi connectivity index (χ0v) is 11.2. The van der Waals surface area contributed by atoms with Crippen molar-refractivity contribution in [1.82, 2.24) is 9.78 Å². The maximum Gasteiger partial charge on any atom is 0.256 e. The largest absolute Gasteiger partial charge is 0.319 e. The average Bonchev–Trinajstić information content (AvgIpc) is 2.61. The maximum atomic E-state index is 12.0. The Morgan fingerprint density at radius 2 is 2.12 bits per heavy atom. The first-order chi connectivity index (χ1) is 8.09. The highest BCUT2D eigenvalue weighted by Gasteiger charge is 2.12. The Morgan fingerprint density at radius 3 is 2.71 bits per heavy atom. The summed E-state index contributed by atoms with van der Waals surface area (Å²) in [5.74, 6) is -0.145. The molecule has 88 valence electrons. The Balaban J connectivity index is 2.23. The smallest absolute Gasteiger partial charge is 0.256 e. The van der Waals surface area contributed by atoms with E-state index in [-0.39, 0.29) is 5.91 Å². The minimum absolute atomic E-state index is 0.145. The molecular formula is C12H12BrN3O. The van der Waals surface area contributed by atoms with Gasteiger partial charge in [0.15, 0.2) is 0 Å². The lowest BCUT2D eigenvalue weighted by atomic mass is 10.2. The van der Waals surface area contributed by atoms with Crippen LogP contribution >= 0.6 is 15.9 Å². The first-order valence-corrected chi connectivity index (χ1v) is 5.93. The van der Waals surface area contributed by atoms with E-state index in [4.69, 9.17) is 0 Å². The van der Waals surface area contributed by atoms with E-state index in [0.29, 0.717) is 5.56 Å². The Bertz CT molecular complexity index is 563. The van der Waals surface area contributed by atoms with Crippen LogP contribution in [0.25, 0.3) is 0 Å². The van der Waals surface area contributed by atoms with E-state index >= 15 is 0 Å². The first kappa shape index (κ1) is 11.9. The van der Waals surface area contributed by atoms with Crippen LogP contribution in [0.4, 0.5) is 5.69 Å². The van der Waals surface area contributed by atoms with Crippen LogP contribution in [0.5, 0.6) is 0 Å². The van der Waals surface area contributed by atoms with E-state index in [1.807, 2.05) is 32.2 Å². The predicted octanol–water partition coefficient (Wildman–Crippen LogP) is 2.74. The number of aryl methyl sites for hydroxylation is 1. The molecule has 17 heavy (non-hydrogen) atoms. The lowest BCUT2D eigenvalue weighted by molar-refractivity contribution is 0.102. The quantitative estimate of drug-likeness (QED) is 0.925. The minimum atomic E-state index is -0.145. The van der Waals surface area contributed by atoms with Gasteiger partial charge < -0.3 is 5.32 Å². The van der Waals surface area contributed by atoms with Gasteiger partial charge in [-0.1, -0.05) is 12.1 Å². The molecule has 0 unspecified atom stereocenters. The van der Waals surface area contributed by atoms with Crippen molar-refractivity contribution in [3.05, 3.63) is 46.2 Å². The van der Waals surface area contributed by atoms with Crippen LogP contribution in [-0.4, -0.2) is 15.7 Å². The zero-order valence-electron chi connectivity index (χ0n) is 9.57. The van der Waals surface area contributed by atoms with Crippen molar-refractivity contribution in [1.29, 1.82) is 0 Å². The molecule has 0 saturated heterocycles. The number of aromatic nitrogens is 2. The zero-order chi connectivity index (χ0) is 12.4. The highest BCUT2D eigenvalue weighted by molar-refractivity contribution is 9.10. The highest BCUT2D eigenvalue weighted by atomic mass is 79.9. The number of nitrogens with one attached hydrogen (secondary N) is 1. The van der Waals surface area contributed by atoms with E-state index in [1.54, 1.807) is 16.9 Å². The van der Waals surface area contributed by atoms with Gasteiger partial charge in [0.2, 0.25) is 0 Å². The van der Waals surface area contributed by atoms with Crippen molar-refractivity contribution in [3.8, 4) is 0 Å². The summed E-state index contributed by atoms with van der Waals surface area (Å²) in [7, 11) is 1.84. The van der Waals surface area contributed by atoms with Crippen molar-refractivity contribution in [3.63, 3.8) is 0 Å². The van der Waals surface area contributed by atoms with Gasteiger partial charge in [-0.3, -0.25) is 9.48 Å². The van der Waals surface area contributed by atoms with E-state index in [0.717, 1.165) is 15.9 Å². The molecule has 0 aliphatic rings. The third-order valence-electron chi connectivity index (χ3n) is 2.60. The minimum Gasteiger partial charge on any atom is -0.319 e. The number of carbonyl (C=O) groups excluding carboxylic acids is 1. The number of halogens is 1. The molecule has 0 aliphatic heterocycles. The number of hydrogen-bond acceptors (Lipinski definition) is 2. The summed E-state index contributed by atoms with van der Waals surface area (Å²) in [6.45, 7) is 1.91. The number of rotatable bonds is 2. The molecule has 0 saturated carbocycles.